The standard InChI is InChI=1S/C29H36F3N5O5S2/c1-43-21-7-9-22(10-8-21)44(41,42)18-19-4-2-3-5-24(19)35-26(38)17-34-27(39)23-16-20(29(30,31)32)6-11-25(23)36-28(40)37-14-12-33-13-15-37/h6-11,16,19,24,33H,2-5,12-15,17-18H2,1H3,(H,34,39)(H,35,38)(H,36,40)/t19-,24+/m1/s1. The van der Waals surface area contributed by atoms with Gasteiger partial charge in [-0.25, -0.2) is 13.2 Å². The summed E-state index contributed by atoms with van der Waals surface area (Å²) >= 11 is 1.50. The van der Waals surface area contributed by atoms with Gasteiger partial charge in [-0.3, -0.25) is 9.59 Å². The number of sulfone groups is 1. The van der Waals surface area contributed by atoms with Crippen LogP contribution in [0.3, 0.4) is 0 Å². The van der Waals surface area contributed by atoms with Gasteiger partial charge in [0.2, 0.25) is 5.91 Å². The first-order valence-electron chi connectivity index (χ1n) is 14.3. The van der Waals surface area contributed by atoms with Crippen molar-refractivity contribution < 1.29 is 36.0 Å². The average molecular weight is 656 g/mol. The number of carbonyl (C=O) groups excluding carboxylic acids is 3. The molecule has 0 spiro atoms. The molecule has 4 amide bonds. The lowest BCUT2D eigenvalue weighted by Gasteiger charge is -2.32. The van der Waals surface area contributed by atoms with E-state index in [1.54, 1.807) is 24.3 Å². The minimum absolute atomic E-state index is 0.123. The summed E-state index contributed by atoms with van der Waals surface area (Å²) in [6, 6.07) is 8.04. The van der Waals surface area contributed by atoms with Gasteiger partial charge in [-0.15, -0.1) is 11.8 Å². The number of carbonyl (C=O) groups is 3. The summed E-state index contributed by atoms with van der Waals surface area (Å²) in [5.74, 6) is -2.07. The summed E-state index contributed by atoms with van der Waals surface area (Å²) in [5, 5.41) is 10.8. The Morgan fingerprint density at radius 2 is 1.70 bits per heavy atom. The van der Waals surface area contributed by atoms with Gasteiger partial charge in [-0.1, -0.05) is 12.8 Å². The summed E-state index contributed by atoms with van der Waals surface area (Å²) in [6.07, 6.45) is -0.0860. The number of rotatable bonds is 9. The first kappa shape index (κ1) is 33.6. The lowest BCUT2D eigenvalue weighted by atomic mass is 9.86. The maximum atomic E-state index is 13.4. The van der Waals surface area contributed by atoms with E-state index >= 15 is 0 Å². The second-order valence-corrected chi connectivity index (χ2v) is 13.7. The molecule has 0 unspecified atom stereocenters. The normalized spacial score (nSPS) is 19.2. The van der Waals surface area contributed by atoms with E-state index in [0.717, 1.165) is 29.9 Å². The van der Waals surface area contributed by atoms with Gasteiger partial charge in [0.05, 0.1) is 34.0 Å². The van der Waals surface area contributed by atoms with E-state index < -0.39 is 57.6 Å². The summed E-state index contributed by atoms with van der Waals surface area (Å²) in [6.45, 7) is 1.35. The maximum Gasteiger partial charge on any atom is 0.416 e. The van der Waals surface area contributed by atoms with Gasteiger partial charge in [0.25, 0.3) is 5.91 Å². The van der Waals surface area contributed by atoms with Crippen LogP contribution in [-0.4, -0.2) is 81.9 Å². The van der Waals surface area contributed by atoms with Crippen LogP contribution in [0.15, 0.2) is 52.3 Å². The molecule has 1 aliphatic carbocycles. The van der Waals surface area contributed by atoms with Gasteiger partial charge in [0, 0.05) is 37.1 Å². The number of urea groups is 1. The van der Waals surface area contributed by atoms with Crippen LogP contribution >= 0.6 is 11.8 Å². The largest absolute Gasteiger partial charge is 0.416 e. The zero-order chi connectivity index (χ0) is 31.9. The first-order valence-corrected chi connectivity index (χ1v) is 17.2. The number of nitrogens with one attached hydrogen (secondary N) is 4. The summed E-state index contributed by atoms with van der Waals surface area (Å²) in [4.78, 5) is 41.2. The number of nitrogens with zero attached hydrogens (tertiary/aromatic N) is 1. The van der Waals surface area contributed by atoms with Crippen LogP contribution in [0.4, 0.5) is 23.7 Å². The number of piperazine rings is 1. The van der Waals surface area contributed by atoms with Crippen molar-refractivity contribution >= 4 is 45.1 Å². The van der Waals surface area contributed by atoms with Crippen molar-refractivity contribution in [3.05, 3.63) is 53.6 Å². The first-order chi connectivity index (χ1) is 20.9. The van der Waals surface area contributed by atoms with Crippen LogP contribution in [0.25, 0.3) is 0 Å². The molecule has 2 aromatic carbocycles. The molecule has 44 heavy (non-hydrogen) atoms. The van der Waals surface area contributed by atoms with E-state index in [-0.39, 0.29) is 22.3 Å². The number of hydrogen-bond donors (Lipinski definition) is 4. The van der Waals surface area contributed by atoms with Gasteiger partial charge in [0.1, 0.15) is 0 Å². The highest BCUT2D eigenvalue weighted by Gasteiger charge is 2.33. The molecular weight excluding hydrogens is 619 g/mol. The monoisotopic (exact) mass is 655 g/mol. The van der Waals surface area contributed by atoms with Gasteiger partial charge in [0.15, 0.2) is 9.84 Å². The summed E-state index contributed by atoms with van der Waals surface area (Å²) in [7, 11) is -3.62. The molecule has 1 heterocycles. The molecule has 4 N–H and O–H groups in total. The molecule has 2 fully saturated rings. The Hall–Kier alpha value is -3.30. The van der Waals surface area contributed by atoms with E-state index in [1.165, 1.54) is 16.7 Å². The Labute approximate surface area is 258 Å². The molecule has 0 radical (unpaired) electrons. The predicted octanol–water partition coefficient (Wildman–Crippen LogP) is 3.74. The molecule has 0 bridgehead atoms. The lowest BCUT2D eigenvalue weighted by molar-refractivity contribution is -0.137. The number of anilines is 1. The number of alkyl halides is 3. The lowest BCUT2D eigenvalue weighted by Crippen LogP contribution is -2.48. The molecule has 240 valence electrons. The fraction of sp³-hybridized carbons (Fsp3) is 0.483. The molecule has 1 aliphatic heterocycles. The van der Waals surface area contributed by atoms with Crippen molar-refractivity contribution in [2.24, 2.45) is 5.92 Å². The number of amides is 4. The van der Waals surface area contributed by atoms with E-state index in [4.69, 9.17) is 0 Å². The quantitative estimate of drug-likeness (QED) is 0.302. The number of benzene rings is 2. The van der Waals surface area contributed by atoms with Gasteiger partial charge in [-0.05, 0) is 67.5 Å². The van der Waals surface area contributed by atoms with Crippen molar-refractivity contribution in [2.45, 2.75) is 47.7 Å². The van der Waals surface area contributed by atoms with Crippen LogP contribution in [0, 0.1) is 5.92 Å². The highest BCUT2D eigenvalue weighted by molar-refractivity contribution is 7.98. The third kappa shape index (κ3) is 8.88. The average Bonchev–Trinajstić information content (AvgIpc) is 3.00. The van der Waals surface area contributed by atoms with Crippen LogP contribution in [0.2, 0.25) is 0 Å². The number of thioether (sulfide) groups is 1. The van der Waals surface area contributed by atoms with Crippen molar-refractivity contribution in [3.63, 3.8) is 0 Å². The topological polar surface area (TPSA) is 137 Å². The SMILES string of the molecule is CSc1ccc(S(=O)(=O)C[C@H]2CCCC[C@@H]2NC(=O)CNC(=O)c2cc(C(F)(F)F)ccc2NC(=O)N2CCNCC2)cc1. The molecular formula is C29H36F3N5O5S2. The van der Waals surface area contributed by atoms with E-state index in [2.05, 4.69) is 21.3 Å². The van der Waals surface area contributed by atoms with Crippen molar-refractivity contribution in [1.82, 2.24) is 20.9 Å². The highest BCUT2D eigenvalue weighted by atomic mass is 32.2. The maximum absolute atomic E-state index is 13.4. The molecule has 1 saturated carbocycles. The fourth-order valence-electron chi connectivity index (χ4n) is 5.35. The zero-order valence-electron chi connectivity index (χ0n) is 24.2. The van der Waals surface area contributed by atoms with Crippen LogP contribution in [-0.2, 0) is 20.8 Å². The van der Waals surface area contributed by atoms with Crippen LogP contribution in [0.1, 0.15) is 41.6 Å². The molecule has 0 aromatic heterocycles. The second kappa shape index (κ2) is 14.7. The minimum atomic E-state index is -4.74. The smallest absolute Gasteiger partial charge is 0.352 e. The molecule has 2 aliphatic rings. The van der Waals surface area contributed by atoms with Crippen molar-refractivity contribution in [2.75, 3.05) is 50.0 Å². The molecule has 4 rings (SSSR count). The molecule has 10 nitrogen and oxygen atoms in total. The predicted molar refractivity (Wildman–Crippen MR) is 161 cm³/mol. The summed E-state index contributed by atoms with van der Waals surface area (Å²) < 4.78 is 66.6. The molecule has 2 atom stereocenters. The molecule has 2 aromatic rings. The highest BCUT2D eigenvalue weighted by Crippen LogP contribution is 2.32. The minimum Gasteiger partial charge on any atom is -0.352 e. The van der Waals surface area contributed by atoms with E-state index in [0.29, 0.717) is 45.1 Å². The number of hydrogen-bond acceptors (Lipinski definition) is 7. The van der Waals surface area contributed by atoms with Gasteiger partial charge < -0.3 is 26.2 Å². The Bertz CT molecular complexity index is 1450. The molecule has 15 heteroatoms. The fourth-order valence-corrected chi connectivity index (χ4v) is 7.47. The second-order valence-electron chi connectivity index (χ2n) is 10.8. The van der Waals surface area contributed by atoms with Gasteiger partial charge >= 0.3 is 12.2 Å². The van der Waals surface area contributed by atoms with E-state index in [9.17, 15) is 36.0 Å². The zero-order valence-corrected chi connectivity index (χ0v) is 25.8. The summed E-state index contributed by atoms with van der Waals surface area (Å²) in [5.41, 5.74) is -1.64. The Balaban J connectivity index is 1.40. The van der Waals surface area contributed by atoms with Crippen molar-refractivity contribution in [1.29, 1.82) is 0 Å². The van der Waals surface area contributed by atoms with E-state index in [1.807, 2.05) is 6.26 Å². The Morgan fingerprint density at radius 3 is 2.36 bits per heavy atom. The van der Waals surface area contributed by atoms with Gasteiger partial charge in [-0.2, -0.15) is 13.2 Å². The van der Waals surface area contributed by atoms with Crippen LogP contribution in [0.5, 0.6) is 0 Å². The third-order valence-corrected chi connectivity index (χ3v) is 10.4. The van der Waals surface area contributed by atoms with Crippen molar-refractivity contribution in [3.8, 4) is 0 Å². The Morgan fingerprint density at radius 1 is 1.02 bits per heavy atom. The van der Waals surface area contributed by atoms with Crippen LogP contribution < -0.4 is 21.3 Å². The Kier molecular flexibility index (Phi) is 11.2. The third-order valence-electron chi connectivity index (χ3n) is 7.75. The molecule has 1 saturated heterocycles. The number of halogens is 3.